The first-order chi connectivity index (χ1) is 16.5. The molecule has 2 aliphatic heterocycles. The second-order valence-electron chi connectivity index (χ2n) is 9.03. The number of ketones is 1. The maximum absolute atomic E-state index is 13.3. The van der Waals surface area contributed by atoms with Crippen LogP contribution in [0, 0.1) is 5.92 Å². The zero-order valence-corrected chi connectivity index (χ0v) is 19.7. The van der Waals surface area contributed by atoms with Crippen molar-refractivity contribution in [2.75, 3.05) is 46.0 Å². The van der Waals surface area contributed by atoms with Crippen LogP contribution in [0.1, 0.15) is 42.4 Å². The van der Waals surface area contributed by atoms with E-state index < -0.39 is 23.5 Å². The van der Waals surface area contributed by atoms with Crippen LogP contribution >= 0.6 is 0 Å². The molecule has 0 saturated carbocycles. The summed E-state index contributed by atoms with van der Waals surface area (Å²) in [6, 6.07) is 9.80. The van der Waals surface area contributed by atoms with E-state index in [1.165, 1.54) is 12.3 Å². The molecule has 3 heterocycles. The molecule has 0 spiro atoms. The number of furan rings is 1. The average molecular weight is 469 g/mol. The summed E-state index contributed by atoms with van der Waals surface area (Å²) in [7, 11) is 0. The second-order valence-corrected chi connectivity index (χ2v) is 9.03. The summed E-state index contributed by atoms with van der Waals surface area (Å²) >= 11 is 0. The van der Waals surface area contributed by atoms with Gasteiger partial charge in [-0.1, -0.05) is 26.0 Å². The van der Waals surface area contributed by atoms with E-state index in [9.17, 15) is 14.7 Å². The lowest BCUT2D eigenvalue weighted by Crippen LogP contribution is -2.43. The van der Waals surface area contributed by atoms with Crippen LogP contribution in [0.15, 0.2) is 58.4 Å². The Morgan fingerprint density at radius 2 is 1.97 bits per heavy atom. The molecule has 8 heteroatoms. The molecular formula is C26H32N2O6. The summed E-state index contributed by atoms with van der Waals surface area (Å²) in [4.78, 5) is 30.2. The molecule has 1 fully saturated rings. The SMILES string of the molecule is CC(C)CCOc1cccc(C2C(C(=O)c3ccco3)=C(O)C(=O)N2CCN2CCOCC2)c1. The zero-order valence-electron chi connectivity index (χ0n) is 19.7. The fourth-order valence-electron chi connectivity index (χ4n) is 4.26. The Morgan fingerprint density at radius 1 is 1.18 bits per heavy atom. The van der Waals surface area contributed by atoms with Crippen molar-refractivity contribution in [3.8, 4) is 5.75 Å². The molecule has 2 aliphatic rings. The number of Topliss-reactive ketones (excluding diaryl/α,β-unsaturated/α-hetero) is 1. The Bertz CT molecular complexity index is 1020. The van der Waals surface area contributed by atoms with E-state index in [4.69, 9.17) is 13.9 Å². The van der Waals surface area contributed by atoms with Gasteiger partial charge < -0.3 is 23.9 Å². The standard InChI is InChI=1S/C26H32N2O6/c1-18(2)8-14-33-20-6-3-5-19(17-20)23-22(24(29)21-7-4-13-34-21)25(30)26(31)28(23)10-9-27-11-15-32-16-12-27/h3-7,13,17-18,23,30H,8-12,14-16H2,1-2H3. The first kappa shape index (κ1) is 24.0. The predicted octanol–water partition coefficient (Wildman–Crippen LogP) is 3.62. The molecule has 1 atom stereocenters. The monoisotopic (exact) mass is 468 g/mol. The van der Waals surface area contributed by atoms with E-state index in [-0.39, 0.29) is 11.3 Å². The highest BCUT2D eigenvalue weighted by Gasteiger charge is 2.44. The van der Waals surface area contributed by atoms with Crippen LogP contribution in [-0.4, -0.2) is 72.6 Å². The molecule has 1 aromatic carbocycles. The van der Waals surface area contributed by atoms with Crippen molar-refractivity contribution < 1.29 is 28.6 Å². The van der Waals surface area contributed by atoms with Crippen LogP contribution in [0.3, 0.4) is 0 Å². The Morgan fingerprint density at radius 3 is 2.68 bits per heavy atom. The van der Waals surface area contributed by atoms with E-state index >= 15 is 0 Å². The number of rotatable bonds is 10. The topological polar surface area (TPSA) is 92.5 Å². The summed E-state index contributed by atoms with van der Waals surface area (Å²) in [5, 5.41) is 10.8. The van der Waals surface area contributed by atoms with Gasteiger partial charge in [0.1, 0.15) is 5.75 Å². The Labute approximate surface area is 199 Å². The van der Waals surface area contributed by atoms with Gasteiger partial charge >= 0.3 is 0 Å². The van der Waals surface area contributed by atoms with Gasteiger partial charge in [0.05, 0.1) is 37.7 Å². The van der Waals surface area contributed by atoms with Crippen LogP contribution in [0.2, 0.25) is 0 Å². The number of morpholine rings is 1. The van der Waals surface area contributed by atoms with E-state index in [1.54, 1.807) is 11.0 Å². The Kier molecular flexibility index (Phi) is 7.70. The number of carbonyl (C=O) groups is 2. The predicted molar refractivity (Wildman–Crippen MR) is 126 cm³/mol. The van der Waals surface area contributed by atoms with Gasteiger partial charge in [-0.25, -0.2) is 0 Å². The summed E-state index contributed by atoms with van der Waals surface area (Å²) < 4.78 is 16.6. The fraction of sp³-hybridized carbons (Fsp3) is 0.462. The average Bonchev–Trinajstić information content (AvgIpc) is 3.46. The van der Waals surface area contributed by atoms with Crippen molar-refractivity contribution in [1.82, 2.24) is 9.80 Å². The largest absolute Gasteiger partial charge is 0.503 e. The highest BCUT2D eigenvalue weighted by Crippen LogP contribution is 2.39. The zero-order chi connectivity index (χ0) is 24.1. The molecule has 8 nitrogen and oxygen atoms in total. The van der Waals surface area contributed by atoms with Gasteiger partial charge in [-0.2, -0.15) is 0 Å². The lowest BCUT2D eigenvalue weighted by atomic mass is 9.95. The third-order valence-corrected chi connectivity index (χ3v) is 6.19. The highest BCUT2D eigenvalue weighted by atomic mass is 16.5. The maximum Gasteiger partial charge on any atom is 0.290 e. The minimum Gasteiger partial charge on any atom is -0.503 e. The third kappa shape index (κ3) is 5.34. The molecule has 1 saturated heterocycles. The fourth-order valence-corrected chi connectivity index (χ4v) is 4.26. The molecule has 1 aromatic heterocycles. The molecule has 1 amide bonds. The summed E-state index contributed by atoms with van der Waals surface area (Å²) in [5.41, 5.74) is 0.734. The number of carbonyl (C=O) groups excluding carboxylic acids is 2. The van der Waals surface area contributed by atoms with Crippen LogP contribution in [-0.2, 0) is 9.53 Å². The number of aliphatic hydroxyl groups excluding tert-OH is 1. The van der Waals surface area contributed by atoms with Gasteiger partial charge in [-0.3, -0.25) is 14.5 Å². The van der Waals surface area contributed by atoms with E-state index in [0.29, 0.717) is 50.1 Å². The summed E-state index contributed by atoms with van der Waals surface area (Å²) in [6.07, 6.45) is 2.32. The number of hydrogen-bond acceptors (Lipinski definition) is 7. The minimum absolute atomic E-state index is 0.0289. The minimum atomic E-state index is -0.736. The van der Waals surface area contributed by atoms with Crippen molar-refractivity contribution in [1.29, 1.82) is 0 Å². The lowest BCUT2D eigenvalue weighted by Gasteiger charge is -2.31. The molecule has 2 aromatic rings. The highest BCUT2D eigenvalue weighted by molar-refractivity contribution is 6.15. The normalized spacial score (nSPS) is 19.3. The number of benzene rings is 1. The molecule has 1 N–H and O–H groups in total. The van der Waals surface area contributed by atoms with Gasteiger partial charge in [0.2, 0.25) is 5.78 Å². The number of nitrogens with zero attached hydrogens (tertiary/aromatic N) is 2. The maximum atomic E-state index is 13.3. The molecular weight excluding hydrogens is 436 g/mol. The smallest absolute Gasteiger partial charge is 0.290 e. The number of hydrogen-bond donors (Lipinski definition) is 1. The molecule has 1 unspecified atom stereocenters. The van der Waals surface area contributed by atoms with Crippen LogP contribution in [0.5, 0.6) is 5.75 Å². The molecule has 4 rings (SSSR count). The third-order valence-electron chi connectivity index (χ3n) is 6.19. The van der Waals surface area contributed by atoms with Gasteiger partial charge in [-0.15, -0.1) is 0 Å². The van der Waals surface area contributed by atoms with E-state index in [1.807, 2.05) is 24.3 Å². The van der Waals surface area contributed by atoms with E-state index in [2.05, 4.69) is 18.7 Å². The molecule has 0 bridgehead atoms. The van der Waals surface area contributed by atoms with Gasteiger partial charge in [0.25, 0.3) is 5.91 Å². The molecule has 0 aliphatic carbocycles. The first-order valence-corrected chi connectivity index (χ1v) is 11.8. The first-order valence-electron chi connectivity index (χ1n) is 11.8. The van der Waals surface area contributed by atoms with Crippen molar-refractivity contribution in [3.63, 3.8) is 0 Å². The van der Waals surface area contributed by atoms with Gasteiger partial charge in [-0.05, 0) is 42.2 Å². The number of amides is 1. The van der Waals surface area contributed by atoms with Crippen LogP contribution < -0.4 is 4.74 Å². The quantitative estimate of drug-likeness (QED) is 0.533. The van der Waals surface area contributed by atoms with Gasteiger partial charge in [0, 0.05) is 26.2 Å². The van der Waals surface area contributed by atoms with Crippen molar-refractivity contribution in [3.05, 3.63) is 65.3 Å². The van der Waals surface area contributed by atoms with Crippen LogP contribution in [0.4, 0.5) is 0 Å². The van der Waals surface area contributed by atoms with Crippen molar-refractivity contribution in [2.45, 2.75) is 26.3 Å². The van der Waals surface area contributed by atoms with E-state index in [0.717, 1.165) is 19.5 Å². The molecule has 34 heavy (non-hydrogen) atoms. The van der Waals surface area contributed by atoms with Crippen molar-refractivity contribution in [2.24, 2.45) is 5.92 Å². The van der Waals surface area contributed by atoms with Crippen LogP contribution in [0.25, 0.3) is 0 Å². The summed E-state index contributed by atoms with van der Waals surface area (Å²) in [5.74, 6) is -0.322. The molecule has 0 radical (unpaired) electrons. The number of ether oxygens (including phenoxy) is 2. The second kappa shape index (κ2) is 10.9. The Balaban J connectivity index is 1.63. The number of aliphatic hydroxyl groups is 1. The lowest BCUT2D eigenvalue weighted by molar-refractivity contribution is -0.129. The Hall–Kier alpha value is -3.10. The summed E-state index contributed by atoms with van der Waals surface area (Å²) in [6.45, 7) is 8.69. The van der Waals surface area contributed by atoms with Crippen molar-refractivity contribution >= 4 is 11.7 Å². The molecule has 182 valence electrons. The van der Waals surface area contributed by atoms with Gasteiger partial charge in [0.15, 0.2) is 11.5 Å².